The highest BCUT2D eigenvalue weighted by Gasteiger charge is 1.92. The largest absolute Gasteiger partial charge is 0.493 e. The first-order valence-corrected chi connectivity index (χ1v) is 4.35. The van der Waals surface area contributed by atoms with E-state index in [-0.39, 0.29) is 0 Å². The lowest BCUT2D eigenvalue weighted by Crippen LogP contribution is -1.96. The van der Waals surface area contributed by atoms with Crippen LogP contribution in [0.4, 0.5) is 0 Å². The van der Waals surface area contributed by atoms with E-state index in [0.29, 0.717) is 13.0 Å². The van der Waals surface area contributed by atoms with Gasteiger partial charge in [0.1, 0.15) is 5.75 Å². The van der Waals surface area contributed by atoms with E-state index in [0.717, 1.165) is 10.2 Å². The Morgan fingerprint density at radius 1 is 1.33 bits per heavy atom. The molecular formula is C9H8BrO2. The van der Waals surface area contributed by atoms with E-state index in [9.17, 15) is 4.79 Å². The zero-order chi connectivity index (χ0) is 8.81. The normalized spacial score (nSPS) is 9.42. The predicted octanol–water partition coefficient (Wildman–Crippen LogP) is 2.33. The van der Waals surface area contributed by atoms with Crippen molar-refractivity contribution in [2.45, 2.75) is 6.42 Å². The van der Waals surface area contributed by atoms with E-state index < -0.39 is 0 Å². The van der Waals surface area contributed by atoms with Crippen LogP contribution in [-0.2, 0) is 4.79 Å². The Hall–Kier alpha value is -0.830. The Labute approximate surface area is 79.7 Å². The molecule has 0 fully saturated rings. The molecule has 0 amide bonds. The van der Waals surface area contributed by atoms with Gasteiger partial charge in [0.15, 0.2) is 0 Å². The maximum atomic E-state index is 9.84. The Bertz CT molecular complexity index is 243. The summed E-state index contributed by atoms with van der Waals surface area (Å²) in [6.07, 6.45) is 2.08. The number of halogens is 1. The Morgan fingerprint density at radius 3 is 2.58 bits per heavy atom. The topological polar surface area (TPSA) is 26.3 Å². The molecule has 3 heteroatoms. The first-order chi connectivity index (χ1) is 5.83. The summed E-state index contributed by atoms with van der Waals surface area (Å²) in [6, 6.07) is 7.46. The summed E-state index contributed by atoms with van der Waals surface area (Å²) in [6.45, 7) is 0.394. The molecule has 0 N–H and O–H groups in total. The summed E-state index contributed by atoms with van der Waals surface area (Å²) >= 11 is 3.31. The van der Waals surface area contributed by atoms with Crippen molar-refractivity contribution in [2.24, 2.45) is 0 Å². The minimum atomic E-state index is 0.316. The van der Waals surface area contributed by atoms with Gasteiger partial charge in [0.05, 0.1) is 6.61 Å². The van der Waals surface area contributed by atoms with Gasteiger partial charge in [-0.15, -0.1) is 0 Å². The maximum absolute atomic E-state index is 9.84. The summed E-state index contributed by atoms with van der Waals surface area (Å²) in [7, 11) is 0. The lowest BCUT2D eigenvalue weighted by molar-refractivity contribution is 0.326. The lowest BCUT2D eigenvalue weighted by atomic mass is 10.3. The number of hydrogen-bond donors (Lipinski definition) is 0. The van der Waals surface area contributed by atoms with Crippen molar-refractivity contribution in [3.8, 4) is 5.75 Å². The highest BCUT2D eigenvalue weighted by atomic mass is 79.9. The molecule has 0 spiro atoms. The van der Waals surface area contributed by atoms with Crippen LogP contribution in [0, 0.1) is 0 Å². The molecule has 0 aliphatic heterocycles. The fourth-order valence-corrected chi connectivity index (χ4v) is 1.01. The van der Waals surface area contributed by atoms with E-state index in [1.807, 2.05) is 24.3 Å². The molecule has 1 radical (unpaired) electrons. The second-order valence-electron chi connectivity index (χ2n) is 2.20. The summed E-state index contributed by atoms with van der Waals surface area (Å²) in [5, 5.41) is 0. The molecule has 1 rings (SSSR count). The summed E-state index contributed by atoms with van der Waals surface area (Å²) in [4.78, 5) is 9.84. The number of hydrogen-bond acceptors (Lipinski definition) is 2. The molecular weight excluding hydrogens is 220 g/mol. The number of carbonyl (C=O) groups excluding carboxylic acids is 1. The molecule has 0 atom stereocenters. The van der Waals surface area contributed by atoms with Crippen LogP contribution in [-0.4, -0.2) is 12.9 Å². The van der Waals surface area contributed by atoms with Crippen molar-refractivity contribution in [1.29, 1.82) is 0 Å². The first kappa shape index (κ1) is 9.26. The van der Waals surface area contributed by atoms with E-state index in [1.165, 1.54) is 0 Å². The quantitative estimate of drug-likeness (QED) is 0.739. The smallest absolute Gasteiger partial charge is 0.201 e. The molecule has 0 saturated heterocycles. The van der Waals surface area contributed by atoms with Crippen LogP contribution < -0.4 is 4.74 Å². The van der Waals surface area contributed by atoms with Crippen molar-refractivity contribution in [1.82, 2.24) is 0 Å². The van der Waals surface area contributed by atoms with Gasteiger partial charge in [0, 0.05) is 10.9 Å². The second kappa shape index (κ2) is 4.93. The molecule has 0 aromatic heterocycles. The molecule has 63 valence electrons. The Morgan fingerprint density at radius 2 is 2.00 bits per heavy atom. The average molecular weight is 228 g/mol. The minimum Gasteiger partial charge on any atom is -0.493 e. The van der Waals surface area contributed by atoms with Crippen LogP contribution in [0.2, 0.25) is 0 Å². The predicted molar refractivity (Wildman–Crippen MR) is 49.9 cm³/mol. The molecule has 1 aromatic rings. The van der Waals surface area contributed by atoms with Gasteiger partial charge in [-0.25, -0.2) is 0 Å². The Balaban J connectivity index is 2.42. The number of benzene rings is 1. The van der Waals surface area contributed by atoms with Gasteiger partial charge in [0.25, 0.3) is 0 Å². The van der Waals surface area contributed by atoms with Gasteiger partial charge in [-0.05, 0) is 24.3 Å². The van der Waals surface area contributed by atoms with Crippen LogP contribution in [0.15, 0.2) is 28.7 Å². The summed E-state index contributed by atoms with van der Waals surface area (Å²) in [5.41, 5.74) is 0. The highest BCUT2D eigenvalue weighted by Crippen LogP contribution is 2.15. The fourth-order valence-electron chi connectivity index (χ4n) is 0.741. The molecule has 12 heavy (non-hydrogen) atoms. The van der Waals surface area contributed by atoms with E-state index in [4.69, 9.17) is 4.74 Å². The van der Waals surface area contributed by atoms with Crippen LogP contribution >= 0.6 is 15.9 Å². The van der Waals surface area contributed by atoms with E-state index in [1.54, 1.807) is 6.29 Å². The third-order valence-electron chi connectivity index (χ3n) is 1.29. The molecule has 0 unspecified atom stereocenters. The molecule has 0 bridgehead atoms. The van der Waals surface area contributed by atoms with Crippen molar-refractivity contribution in [3.05, 3.63) is 28.7 Å². The number of ether oxygens (including phenoxy) is 1. The van der Waals surface area contributed by atoms with Gasteiger partial charge >= 0.3 is 0 Å². The van der Waals surface area contributed by atoms with Crippen LogP contribution in [0.3, 0.4) is 0 Å². The van der Waals surface area contributed by atoms with Crippen molar-refractivity contribution < 1.29 is 9.53 Å². The molecule has 1 aromatic carbocycles. The van der Waals surface area contributed by atoms with Gasteiger partial charge in [0.2, 0.25) is 6.29 Å². The van der Waals surface area contributed by atoms with Gasteiger partial charge in [-0.1, -0.05) is 15.9 Å². The second-order valence-corrected chi connectivity index (χ2v) is 3.11. The highest BCUT2D eigenvalue weighted by molar-refractivity contribution is 9.10. The summed E-state index contributed by atoms with van der Waals surface area (Å²) < 4.78 is 6.23. The molecule has 0 aliphatic rings. The van der Waals surface area contributed by atoms with Crippen LogP contribution in [0.5, 0.6) is 5.75 Å². The van der Waals surface area contributed by atoms with E-state index in [2.05, 4.69) is 15.9 Å². The average Bonchev–Trinajstić information content (AvgIpc) is 2.09. The van der Waals surface area contributed by atoms with Crippen LogP contribution in [0.1, 0.15) is 6.42 Å². The van der Waals surface area contributed by atoms with Crippen LogP contribution in [0.25, 0.3) is 0 Å². The number of rotatable bonds is 4. The van der Waals surface area contributed by atoms with Gasteiger partial charge in [-0.3, -0.25) is 4.79 Å². The monoisotopic (exact) mass is 227 g/mol. The molecule has 0 heterocycles. The molecule has 0 aliphatic carbocycles. The SMILES string of the molecule is O=[C]CCOc1ccc(Br)cc1. The van der Waals surface area contributed by atoms with Crippen molar-refractivity contribution in [2.75, 3.05) is 6.61 Å². The van der Waals surface area contributed by atoms with Crippen molar-refractivity contribution >= 4 is 22.2 Å². The fraction of sp³-hybridized carbons (Fsp3) is 0.222. The van der Waals surface area contributed by atoms with Gasteiger partial charge in [-0.2, -0.15) is 0 Å². The minimum absolute atomic E-state index is 0.316. The first-order valence-electron chi connectivity index (χ1n) is 3.56. The van der Waals surface area contributed by atoms with E-state index >= 15 is 0 Å². The van der Waals surface area contributed by atoms with Crippen molar-refractivity contribution in [3.63, 3.8) is 0 Å². The zero-order valence-electron chi connectivity index (χ0n) is 6.42. The molecule has 2 nitrogen and oxygen atoms in total. The third kappa shape index (κ3) is 3.05. The third-order valence-corrected chi connectivity index (χ3v) is 1.82. The Kier molecular flexibility index (Phi) is 3.80. The van der Waals surface area contributed by atoms with Gasteiger partial charge < -0.3 is 4.74 Å². The lowest BCUT2D eigenvalue weighted by Gasteiger charge is -2.02. The summed E-state index contributed by atoms with van der Waals surface area (Å²) in [5.74, 6) is 0.772. The maximum Gasteiger partial charge on any atom is 0.201 e. The molecule has 0 saturated carbocycles. The standard InChI is InChI=1S/C9H8BrO2/c10-8-2-4-9(5-3-8)12-7-1-6-11/h2-5H,1,7H2. The zero-order valence-corrected chi connectivity index (χ0v) is 8.00.